The van der Waals surface area contributed by atoms with Crippen molar-refractivity contribution in [2.75, 3.05) is 12.4 Å². The summed E-state index contributed by atoms with van der Waals surface area (Å²) in [6, 6.07) is 13.1. The van der Waals surface area contributed by atoms with Crippen LogP contribution >= 0.6 is 0 Å². The van der Waals surface area contributed by atoms with Crippen LogP contribution in [-0.4, -0.2) is 25.1 Å². The van der Waals surface area contributed by atoms with Crippen LogP contribution in [0.1, 0.15) is 23.6 Å². The number of benzene rings is 2. The Hall–Kier alpha value is -2.82. The van der Waals surface area contributed by atoms with Crippen molar-refractivity contribution in [3.05, 3.63) is 59.2 Å². The van der Waals surface area contributed by atoms with Gasteiger partial charge in [0.1, 0.15) is 5.75 Å². The molecule has 0 bridgehead atoms. The zero-order valence-electron chi connectivity index (χ0n) is 15.0. The summed E-state index contributed by atoms with van der Waals surface area (Å²) in [4.78, 5) is 24.4. The fourth-order valence-corrected chi connectivity index (χ4v) is 2.41. The van der Waals surface area contributed by atoms with Crippen LogP contribution in [0.2, 0.25) is 0 Å². The molecule has 25 heavy (non-hydrogen) atoms. The Bertz CT molecular complexity index is 770. The highest BCUT2D eigenvalue weighted by molar-refractivity contribution is 5.96. The number of carbonyl (C=O) groups excluding carboxylic acids is 2. The smallest absolute Gasteiger partial charge is 0.311 e. The van der Waals surface area contributed by atoms with Gasteiger partial charge >= 0.3 is 5.97 Å². The van der Waals surface area contributed by atoms with Crippen LogP contribution < -0.4 is 10.1 Å². The maximum Gasteiger partial charge on any atom is 0.311 e. The van der Waals surface area contributed by atoms with E-state index in [0.29, 0.717) is 11.4 Å². The van der Waals surface area contributed by atoms with Gasteiger partial charge in [0.15, 0.2) is 6.10 Å². The first kappa shape index (κ1) is 18.5. The first-order chi connectivity index (χ1) is 11.9. The van der Waals surface area contributed by atoms with Crippen molar-refractivity contribution >= 4 is 17.6 Å². The monoisotopic (exact) mass is 341 g/mol. The minimum Gasteiger partial charge on any atom is -0.495 e. The van der Waals surface area contributed by atoms with Gasteiger partial charge in [-0.1, -0.05) is 30.3 Å². The zero-order chi connectivity index (χ0) is 18.4. The molecule has 1 atom stereocenters. The largest absolute Gasteiger partial charge is 0.495 e. The van der Waals surface area contributed by atoms with Crippen LogP contribution in [0.5, 0.6) is 5.75 Å². The molecule has 1 N–H and O–H groups in total. The van der Waals surface area contributed by atoms with Crippen molar-refractivity contribution in [3.8, 4) is 5.75 Å². The molecule has 0 saturated carbocycles. The zero-order valence-corrected chi connectivity index (χ0v) is 15.0. The predicted octanol–water partition coefficient (Wildman–Crippen LogP) is 3.42. The number of amides is 1. The van der Waals surface area contributed by atoms with E-state index in [1.54, 1.807) is 19.1 Å². The normalized spacial score (nSPS) is 11.5. The Morgan fingerprint density at radius 3 is 2.52 bits per heavy atom. The number of hydrogen-bond donors (Lipinski definition) is 1. The minimum absolute atomic E-state index is 0.137. The van der Waals surface area contributed by atoms with Crippen molar-refractivity contribution in [2.45, 2.75) is 33.3 Å². The molecule has 0 aliphatic rings. The van der Waals surface area contributed by atoms with Gasteiger partial charge < -0.3 is 14.8 Å². The molecule has 2 aromatic carbocycles. The summed E-state index contributed by atoms with van der Waals surface area (Å²) < 4.78 is 10.5. The molecule has 0 heterocycles. The Morgan fingerprint density at radius 1 is 1.12 bits per heavy atom. The number of methoxy groups -OCH3 is 1. The third-order valence-corrected chi connectivity index (χ3v) is 3.89. The molecule has 0 radical (unpaired) electrons. The van der Waals surface area contributed by atoms with Gasteiger partial charge in [-0.05, 0) is 49.6 Å². The van der Waals surface area contributed by atoms with Crippen LogP contribution in [0.15, 0.2) is 42.5 Å². The van der Waals surface area contributed by atoms with E-state index in [1.807, 2.05) is 44.2 Å². The molecule has 0 saturated heterocycles. The van der Waals surface area contributed by atoms with Gasteiger partial charge in [-0.25, -0.2) is 0 Å². The van der Waals surface area contributed by atoms with Gasteiger partial charge in [-0.15, -0.1) is 0 Å². The molecular formula is C20H23NO4. The van der Waals surface area contributed by atoms with E-state index in [4.69, 9.17) is 9.47 Å². The molecule has 2 aromatic rings. The van der Waals surface area contributed by atoms with Gasteiger partial charge in [-0.3, -0.25) is 9.59 Å². The first-order valence-corrected chi connectivity index (χ1v) is 8.10. The molecule has 5 heteroatoms. The second kappa shape index (κ2) is 8.33. The summed E-state index contributed by atoms with van der Waals surface area (Å²) in [5.74, 6) is -0.285. The minimum atomic E-state index is -0.901. The molecule has 0 aliphatic heterocycles. The highest BCUT2D eigenvalue weighted by Crippen LogP contribution is 2.25. The Labute approximate surface area is 148 Å². The highest BCUT2D eigenvalue weighted by atomic mass is 16.5. The third-order valence-electron chi connectivity index (χ3n) is 3.89. The van der Waals surface area contributed by atoms with Gasteiger partial charge in [0.25, 0.3) is 5.91 Å². The number of ether oxygens (including phenoxy) is 2. The average Bonchev–Trinajstić information content (AvgIpc) is 2.57. The van der Waals surface area contributed by atoms with Gasteiger partial charge in [0, 0.05) is 0 Å². The fourth-order valence-electron chi connectivity index (χ4n) is 2.41. The fraction of sp³-hybridized carbons (Fsp3) is 0.300. The van der Waals surface area contributed by atoms with Gasteiger partial charge in [-0.2, -0.15) is 0 Å². The number of carbonyl (C=O) groups is 2. The molecule has 2 rings (SSSR count). The third kappa shape index (κ3) is 5.08. The number of anilines is 1. The van der Waals surface area contributed by atoms with Crippen LogP contribution in [0.4, 0.5) is 5.69 Å². The SMILES string of the molecule is COc1ccc(C)cc1NC(=O)[C@@H](C)OC(=O)Cc1ccccc1C. The summed E-state index contributed by atoms with van der Waals surface area (Å²) in [6.07, 6.45) is -0.764. The molecule has 132 valence electrons. The van der Waals surface area contributed by atoms with Crippen molar-refractivity contribution in [1.29, 1.82) is 0 Å². The highest BCUT2D eigenvalue weighted by Gasteiger charge is 2.19. The Kier molecular flexibility index (Phi) is 6.17. The Balaban J connectivity index is 1.97. The van der Waals surface area contributed by atoms with Gasteiger partial charge in [0.05, 0.1) is 19.2 Å². The van der Waals surface area contributed by atoms with Crippen molar-refractivity contribution in [3.63, 3.8) is 0 Å². The lowest BCUT2D eigenvalue weighted by atomic mass is 10.1. The summed E-state index contributed by atoms with van der Waals surface area (Å²) >= 11 is 0. The number of rotatable bonds is 6. The molecule has 0 aromatic heterocycles. The average molecular weight is 341 g/mol. The second-order valence-corrected chi connectivity index (χ2v) is 5.93. The summed E-state index contributed by atoms with van der Waals surface area (Å²) in [6.45, 7) is 5.40. The van der Waals surface area contributed by atoms with E-state index in [9.17, 15) is 9.59 Å². The van der Waals surface area contributed by atoms with Crippen LogP contribution in [0.25, 0.3) is 0 Å². The summed E-state index contributed by atoms with van der Waals surface area (Å²) in [5.41, 5.74) is 3.44. The summed E-state index contributed by atoms with van der Waals surface area (Å²) in [7, 11) is 1.53. The van der Waals surface area contributed by atoms with Crippen LogP contribution in [-0.2, 0) is 20.7 Å². The predicted molar refractivity (Wildman–Crippen MR) is 96.8 cm³/mol. The molecule has 0 unspecified atom stereocenters. The lowest BCUT2D eigenvalue weighted by Gasteiger charge is -2.16. The number of aryl methyl sites for hydroxylation is 2. The van der Waals surface area contributed by atoms with Crippen molar-refractivity contribution in [2.24, 2.45) is 0 Å². The molecule has 0 aliphatic carbocycles. The lowest BCUT2D eigenvalue weighted by molar-refractivity contribution is -0.152. The van der Waals surface area contributed by atoms with E-state index < -0.39 is 18.0 Å². The van der Waals surface area contributed by atoms with Gasteiger partial charge in [0.2, 0.25) is 0 Å². The van der Waals surface area contributed by atoms with Crippen molar-refractivity contribution < 1.29 is 19.1 Å². The van der Waals surface area contributed by atoms with Crippen molar-refractivity contribution in [1.82, 2.24) is 0 Å². The number of hydrogen-bond acceptors (Lipinski definition) is 4. The quantitative estimate of drug-likeness (QED) is 0.818. The lowest BCUT2D eigenvalue weighted by Crippen LogP contribution is -2.30. The van der Waals surface area contributed by atoms with E-state index in [1.165, 1.54) is 7.11 Å². The number of nitrogens with one attached hydrogen (secondary N) is 1. The van der Waals surface area contributed by atoms with Crippen LogP contribution in [0, 0.1) is 13.8 Å². The van der Waals surface area contributed by atoms with E-state index in [-0.39, 0.29) is 6.42 Å². The molecular weight excluding hydrogens is 318 g/mol. The molecule has 0 spiro atoms. The maximum atomic E-state index is 12.3. The summed E-state index contributed by atoms with van der Waals surface area (Å²) in [5, 5.41) is 2.74. The molecule has 1 amide bonds. The van der Waals surface area contributed by atoms with Crippen LogP contribution in [0.3, 0.4) is 0 Å². The van der Waals surface area contributed by atoms with E-state index in [2.05, 4.69) is 5.32 Å². The maximum absolute atomic E-state index is 12.3. The second-order valence-electron chi connectivity index (χ2n) is 5.93. The standard InChI is InChI=1S/C20H23NO4/c1-13-9-10-18(24-4)17(11-13)21-20(23)15(3)25-19(22)12-16-8-6-5-7-14(16)2/h5-11,15H,12H2,1-4H3,(H,21,23)/t15-/m1/s1. The Morgan fingerprint density at radius 2 is 1.84 bits per heavy atom. The van der Waals surface area contributed by atoms with E-state index >= 15 is 0 Å². The first-order valence-electron chi connectivity index (χ1n) is 8.10. The molecule has 0 fully saturated rings. The molecule has 5 nitrogen and oxygen atoms in total. The number of esters is 1. The van der Waals surface area contributed by atoms with E-state index in [0.717, 1.165) is 16.7 Å². The topological polar surface area (TPSA) is 64.6 Å².